The molecule has 1 aliphatic rings. The molecule has 8 heteroatoms. The highest BCUT2D eigenvalue weighted by molar-refractivity contribution is 14.1. The van der Waals surface area contributed by atoms with Crippen molar-refractivity contribution in [1.29, 1.82) is 0 Å². The van der Waals surface area contributed by atoms with Crippen LogP contribution in [0.25, 0.3) is 0 Å². The number of hydrogen-bond donors (Lipinski definition) is 1. The summed E-state index contributed by atoms with van der Waals surface area (Å²) in [7, 11) is 0. The Balaban J connectivity index is 1.68. The summed E-state index contributed by atoms with van der Waals surface area (Å²) in [4.78, 5) is 30.9. The van der Waals surface area contributed by atoms with Gasteiger partial charge in [-0.3, -0.25) is 9.59 Å². The van der Waals surface area contributed by atoms with Gasteiger partial charge in [-0.25, -0.2) is 4.98 Å². The second kappa shape index (κ2) is 7.79. The number of likely N-dealkylation sites (tertiary alicyclic amines) is 1. The second-order valence-electron chi connectivity index (χ2n) is 5.54. The van der Waals surface area contributed by atoms with E-state index in [2.05, 4.69) is 32.9 Å². The molecule has 1 fully saturated rings. The molecule has 2 aromatic rings. The first kappa shape index (κ1) is 17.6. The summed E-state index contributed by atoms with van der Waals surface area (Å²) >= 11 is 9.45. The average Bonchev–Trinajstić information content (AvgIpc) is 3.07. The number of rotatable bonds is 3. The zero-order valence-electron chi connectivity index (χ0n) is 12.7. The van der Waals surface area contributed by atoms with E-state index < -0.39 is 0 Å². The van der Waals surface area contributed by atoms with Gasteiger partial charge in [-0.1, -0.05) is 11.6 Å². The monoisotopic (exact) mass is 475 g/mol. The maximum atomic E-state index is 12.8. The number of piperidine rings is 1. The number of nitrogens with zero attached hydrogens (tertiary/aromatic N) is 2. The summed E-state index contributed by atoms with van der Waals surface area (Å²) in [5.74, 6) is -0.340. The molecule has 1 aliphatic heterocycles. The van der Waals surface area contributed by atoms with Gasteiger partial charge in [0.15, 0.2) is 5.13 Å². The van der Waals surface area contributed by atoms with Gasteiger partial charge in [0.1, 0.15) is 0 Å². The Morgan fingerprint density at radius 2 is 2.25 bits per heavy atom. The number of hydrogen-bond acceptors (Lipinski definition) is 4. The first-order valence-corrected chi connectivity index (χ1v) is 9.83. The van der Waals surface area contributed by atoms with Crippen molar-refractivity contribution < 1.29 is 9.59 Å². The van der Waals surface area contributed by atoms with Crippen molar-refractivity contribution in [3.8, 4) is 0 Å². The van der Waals surface area contributed by atoms with Crippen molar-refractivity contribution in [1.82, 2.24) is 9.88 Å². The van der Waals surface area contributed by atoms with Crippen LogP contribution in [0.1, 0.15) is 23.2 Å². The van der Waals surface area contributed by atoms with Crippen LogP contribution >= 0.6 is 45.5 Å². The van der Waals surface area contributed by atoms with Gasteiger partial charge in [0, 0.05) is 33.3 Å². The fourth-order valence-corrected chi connectivity index (χ4v) is 4.34. The number of carbonyl (C=O) groups excluding carboxylic acids is 2. The summed E-state index contributed by atoms with van der Waals surface area (Å²) in [6, 6.07) is 5.23. The molecule has 0 aliphatic carbocycles. The summed E-state index contributed by atoms with van der Waals surface area (Å²) in [5.41, 5.74) is 0.626. The normalized spacial score (nSPS) is 17.6. The molecule has 0 bridgehead atoms. The zero-order chi connectivity index (χ0) is 17.1. The van der Waals surface area contributed by atoms with Crippen molar-refractivity contribution in [2.75, 3.05) is 18.4 Å². The SMILES string of the molecule is O=C(Nc1nccs1)C1CCCN(C(=O)c2ccc(Cl)cc2I)C1. The van der Waals surface area contributed by atoms with Gasteiger partial charge in [0.05, 0.1) is 11.5 Å². The number of halogens is 2. The first-order valence-electron chi connectivity index (χ1n) is 7.49. The first-order chi connectivity index (χ1) is 11.5. The van der Waals surface area contributed by atoms with Crippen LogP contribution < -0.4 is 5.32 Å². The molecule has 1 N–H and O–H groups in total. The predicted molar refractivity (Wildman–Crippen MR) is 104 cm³/mol. The predicted octanol–water partition coefficient (Wildman–Crippen LogP) is 3.89. The third-order valence-electron chi connectivity index (χ3n) is 3.90. The molecular weight excluding hydrogens is 461 g/mol. The minimum absolute atomic E-state index is 0.0529. The third-order valence-corrected chi connectivity index (χ3v) is 5.72. The molecule has 0 saturated carbocycles. The van der Waals surface area contributed by atoms with Crippen molar-refractivity contribution in [3.63, 3.8) is 0 Å². The minimum atomic E-state index is -0.212. The molecule has 1 atom stereocenters. The molecule has 2 amide bonds. The number of benzene rings is 1. The number of anilines is 1. The van der Waals surface area contributed by atoms with E-state index in [-0.39, 0.29) is 17.7 Å². The molecule has 1 unspecified atom stereocenters. The molecule has 1 aromatic heterocycles. The molecule has 1 saturated heterocycles. The summed E-state index contributed by atoms with van der Waals surface area (Å²) in [6.45, 7) is 1.09. The van der Waals surface area contributed by atoms with Crippen LogP contribution in [0.15, 0.2) is 29.8 Å². The quantitative estimate of drug-likeness (QED) is 0.685. The fourth-order valence-electron chi connectivity index (χ4n) is 2.70. The molecule has 1 aromatic carbocycles. The molecule has 0 radical (unpaired) electrons. The van der Waals surface area contributed by atoms with Gasteiger partial charge < -0.3 is 10.2 Å². The molecule has 2 heterocycles. The Morgan fingerprint density at radius 1 is 1.42 bits per heavy atom. The molecule has 0 spiro atoms. The molecular formula is C16H15ClIN3O2S. The van der Waals surface area contributed by atoms with Crippen LogP contribution in [0.5, 0.6) is 0 Å². The largest absolute Gasteiger partial charge is 0.338 e. The maximum Gasteiger partial charge on any atom is 0.254 e. The lowest BCUT2D eigenvalue weighted by atomic mass is 9.96. The third kappa shape index (κ3) is 4.07. The Labute approximate surface area is 162 Å². The molecule has 3 rings (SSSR count). The summed E-state index contributed by atoms with van der Waals surface area (Å²) in [5, 5.41) is 5.84. The van der Waals surface area contributed by atoms with E-state index in [1.54, 1.807) is 29.3 Å². The molecule has 126 valence electrons. The Kier molecular flexibility index (Phi) is 5.72. The molecule has 5 nitrogen and oxygen atoms in total. The fraction of sp³-hybridized carbons (Fsp3) is 0.312. The number of thiazole rings is 1. The topological polar surface area (TPSA) is 62.3 Å². The number of aromatic nitrogens is 1. The Bertz CT molecular complexity index is 754. The highest BCUT2D eigenvalue weighted by atomic mass is 127. The van der Waals surface area contributed by atoms with E-state index in [0.717, 1.165) is 16.4 Å². The number of nitrogens with one attached hydrogen (secondary N) is 1. The van der Waals surface area contributed by atoms with E-state index in [1.807, 2.05) is 5.38 Å². The summed E-state index contributed by atoms with van der Waals surface area (Å²) < 4.78 is 0.819. The van der Waals surface area contributed by atoms with Crippen LogP contribution in [-0.4, -0.2) is 34.8 Å². The number of amides is 2. The second-order valence-corrected chi connectivity index (χ2v) is 8.03. The average molecular weight is 476 g/mol. The van der Waals surface area contributed by atoms with Gasteiger partial charge in [-0.05, 0) is 53.6 Å². The van der Waals surface area contributed by atoms with Crippen molar-refractivity contribution in [2.24, 2.45) is 5.92 Å². The maximum absolute atomic E-state index is 12.8. The van der Waals surface area contributed by atoms with Crippen molar-refractivity contribution in [3.05, 3.63) is 43.9 Å². The lowest BCUT2D eigenvalue weighted by molar-refractivity contribution is -0.121. The van der Waals surface area contributed by atoms with Gasteiger partial charge in [-0.15, -0.1) is 11.3 Å². The van der Waals surface area contributed by atoms with Crippen LogP contribution in [0.4, 0.5) is 5.13 Å². The van der Waals surface area contributed by atoms with E-state index in [9.17, 15) is 9.59 Å². The van der Waals surface area contributed by atoms with Gasteiger partial charge >= 0.3 is 0 Å². The highest BCUT2D eigenvalue weighted by Crippen LogP contribution is 2.24. The van der Waals surface area contributed by atoms with E-state index in [0.29, 0.717) is 28.8 Å². The Hall–Kier alpha value is -1.19. The van der Waals surface area contributed by atoms with Crippen molar-refractivity contribution >= 4 is 62.5 Å². The van der Waals surface area contributed by atoms with Crippen LogP contribution in [0, 0.1) is 9.49 Å². The number of carbonyl (C=O) groups is 2. The lowest BCUT2D eigenvalue weighted by Gasteiger charge is -2.32. The van der Waals surface area contributed by atoms with Gasteiger partial charge in [0.2, 0.25) is 5.91 Å². The summed E-state index contributed by atoms with van der Waals surface area (Å²) in [6.07, 6.45) is 3.24. The highest BCUT2D eigenvalue weighted by Gasteiger charge is 2.29. The van der Waals surface area contributed by atoms with E-state index in [1.165, 1.54) is 11.3 Å². The van der Waals surface area contributed by atoms with Crippen LogP contribution in [0.2, 0.25) is 5.02 Å². The van der Waals surface area contributed by atoms with Gasteiger partial charge in [-0.2, -0.15) is 0 Å². The lowest BCUT2D eigenvalue weighted by Crippen LogP contribution is -2.44. The van der Waals surface area contributed by atoms with Crippen LogP contribution in [0.3, 0.4) is 0 Å². The Morgan fingerprint density at radius 3 is 2.96 bits per heavy atom. The smallest absolute Gasteiger partial charge is 0.254 e. The molecule has 24 heavy (non-hydrogen) atoms. The van der Waals surface area contributed by atoms with E-state index in [4.69, 9.17) is 11.6 Å². The van der Waals surface area contributed by atoms with Crippen molar-refractivity contribution in [2.45, 2.75) is 12.8 Å². The zero-order valence-corrected chi connectivity index (χ0v) is 16.4. The van der Waals surface area contributed by atoms with E-state index >= 15 is 0 Å². The van der Waals surface area contributed by atoms with Crippen LogP contribution in [-0.2, 0) is 4.79 Å². The standard InChI is InChI=1S/C16H15ClIN3O2S/c17-11-3-4-12(13(18)8-11)15(23)21-6-1-2-10(9-21)14(22)20-16-19-5-7-24-16/h3-5,7-8,10H,1-2,6,9H2,(H,19,20,22). The minimum Gasteiger partial charge on any atom is -0.338 e. The van der Waals surface area contributed by atoms with Gasteiger partial charge in [0.25, 0.3) is 5.91 Å².